The number of nitrogens with zero attached hydrogens (tertiary/aromatic N) is 5. The minimum absolute atomic E-state index is 0.0314. The van der Waals surface area contributed by atoms with Gasteiger partial charge in [0.15, 0.2) is 5.82 Å². The molecule has 43 heavy (non-hydrogen) atoms. The molecule has 12 heteroatoms. The Balaban J connectivity index is 1.36. The molecule has 0 spiro atoms. The first kappa shape index (κ1) is 28.8. The Bertz CT molecular complexity index is 1700. The summed E-state index contributed by atoms with van der Waals surface area (Å²) in [5.74, 6) is 0.279. The van der Waals surface area contributed by atoms with Crippen LogP contribution < -0.4 is 14.8 Å². The van der Waals surface area contributed by atoms with Crippen molar-refractivity contribution in [2.24, 2.45) is 11.1 Å². The third-order valence-electron chi connectivity index (χ3n) is 9.32. The lowest BCUT2D eigenvalue weighted by Gasteiger charge is -2.34. The van der Waals surface area contributed by atoms with Gasteiger partial charge in [-0.25, -0.2) is 8.78 Å². The second-order valence-corrected chi connectivity index (χ2v) is 13.0. The first-order valence-electron chi connectivity index (χ1n) is 14.8. The van der Waals surface area contributed by atoms with E-state index < -0.39 is 11.6 Å². The maximum absolute atomic E-state index is 16.7. The van der Waals surface area contributed by atoms with Crippen LogP contribution in [0.4, 0.5) is 14.6 Å². The van der Waals surface area contributed by atoms with Crippen molar-refractivity contribution in [1.82, 2.24) is 19.9 Å². The first-order valence-corrected chi connectivity index (χ1v) is 16.2. The van der Waals surface area contributed by atoms with E-state index in [2.05, 4.69) is 19.8 Å². The van der Waals surface area contributed by atoms with Crippen molar-refractivity contribution >= 4 is 51.0 Å². The Kier molecular flexibility index (Phi) is 7.69. The van der Waals surface area contributed by atoms with E-state index in [0.29, 0.717) is 29.1 Å². The van der Waals surface area contributed by atoms with Gasteiger partial charge in [0.1, 0.15) is 35.2 Å². The predicted octanol–water partition coefficient (Wildman–Crippen LogP) is 6.31. The molecular weight excluding hydrogens is 594 g/mol. The lowest BCUT2D eigenvalue weighted by Crippen LogP contribution is -2.43. The van der Waals surface area contributed by atoms with Gasteiger partial charge in [0, 0.05) is 36.0 Å². The number of piperidine rings is 1. The second-order valence-electron chi connectivity index (χ2n) is 12.0. The quantitative estimate of drug-likeness (QED) is 0.229. The molecule has 1 atom stereocenters. The standard InChI is InChI=1S/C31H33ClF2N6O2S/c32-25-23(33)6-5-19-12-20(41)13-21(24(19)25)27-26(34)28-22(14-36-27)29(39-9-1-4-18(15-39)16-43-35)38-30(37-28)42-17-31-7-2-10-40(31)11-3-8-31/h5-6,12-14,18,41H,1-4,7-11,15-17,35H2. The predicted molar refractivity (Wildman–Crippen MR) is 167 cm³/mol. The van der Waals surface area contributed by atoms with Gasteiger partial charge >= 0.3 is 6.01 Å². The van der Waals surface area contributed by atoms with Crippen molar-refractivity contribution in [1.29, 1.82) is 0 Å². The van der Waals surface area contributed by atoms with Crippen molar-refractivity contribution in [3.63, 3.8) is 0 Å². The molecule has 226 valence electrons. The number of hydrogen-bond donors (Lipinski definition) is 2. The Morgan fingerprint density at radius 2 is 1.93 bits per heavy atom. The monoisotopic (exact) mass is 626 g/mol. The molecule has 0 radical (unpaired) electrons. The molecule has 4 aromatic rings. The van der Waals surface area contributed by atoms with E-state index >= 15 is 4.39 Å². The van der Waals surface area contributed by atoms with Gasteiger partial charge < -0.3 is 14.7 Å². The molecule has 3 fully saturated rings. The van der Waals surface area contributed by atoms with E-state index in [-0.39, 0.29) is 44.5 Å². The number of phenolic OH excluding ortho intramolecular Hbond substituents is 1. The number of anilines is 1. The van der Waals surface area contributed by atoms with Gasteiger partial charge in [-0.15, -0.1) is 0 Å². The fourth-order valence-corrected chi connectivity index (χ4v) is 8.09. The average Bonchev–Trinajstić information content (AvgIpc) is 3.59. The van der Waals surface area contributed by atoms with Crippen molar-refractivity contribution in [3.05, 3.63) is 47.1 Å². The zero-order valence-electron chi connectivity index (χ0n) is 23.7. The van der Waals surface area contributed by atoms with Crippen LogP contribution in [0.2, 0.25) is 5.02 Å². The minimum Gasteiger partial charge on any atom is -0.508 e. The lowest BCUT2D eigenvalue weighted by molar-refractivity contribution is 0.108. The molecule has 2 aromatic carbocycles. The zero-order chi connectivity index (χ0) is 29.7. The number of pyridine rings is 1. The van der Waals surface area contributed by atoms with E-state index in [1.54, 1.807) is 6.20 Å². The summed E-state index contributed by atoms with van der Waals surface area (Å²) in [7, 11) is 0. The van der Waals surface area contributed by atoms with E-state index in [1.165, 1.54) is 36.2 Å². The highest BCUT2D eigenvalue weighted by Gasteiger charge is 2.45. The molecule has 0 bridgehead atoms. The highest BCUT2D eigenvalue weighted by molar-refractivity contribution is 7.97. The van der Waals surface area contributed by atoms with Gasteiger partial charge in [-0.3, -0.25) is 15.0 Å². The molecule has 0 aliphatic carbocycles. The first-order chi connectivity index (χ1) is 20.9. The van der Waals surface area contributed by atoms with Crippen LogP contribution >= 0.6 is 23.5 Å². The lowest BCUT2D eigenvalue weighted by atomic mass is 9.95. The topological polar surface area (TPSA) is 101 Å². The zero-order valence-corrected chi connectivity index (χ0v) is 25.2. The van der Waals surface area contributed by atoms with Crippen molar-refractivity contribution < 1.29 is 18.6 Å². The molecule has 1 unspecified atom stereocenters. The number of halogens is 3. The van der Waals surface area contributed by atoms with Crippen molar-refractivity contribution in [2.45, 2.75) is 44.1 Å². The van der Waals surface area contributed by atoms with Crippen LogP contribution in [-0.4, -0.2) is 69.0 Å². The Labute approximate surface area is 257 Å². The van der Waals surface area contributed by atoms with Crippen LogP contribution in [0.1, 0.15) is 38.5 Å². The Hall–Kier alpha value is -2.99. The third-order valence-corrected chi connectivity index (χ3v) is 10.4. The van der Waals surface area contributed by atoms with Gasteiger partial charge in [0.25, 0.3) is 0 Å². The second kappa shape index (κ2) is 11.5. The van der Waals surface area contributed by atoms with Gasteiger partial charge in [-0.05, 0) is 81.1 Å². The largest absolute Gasteiger partial charge is 0.508 e. The summed E-state index contributed by atoms with van der Waals surface area (Å²) < 4.78 is 37.5. The number of phenols is 1. The summed E-state index contributed by atoms with van der Waals surface area (Å²) in [5, 5.41) is 17.3. The molecule has 8 nitrogen and oxygen atoms in total. The molecule has 5 heterocycles. The minimum atomic E-state index is -0.717. The summed E-state index contributed by atoms with van der Waals surface area (Å²) in [5.41, 5.74) is 0.0995. The molecular formula is C31H33ClF2N6O2S. The van der Waals surface area contributed by atoms with Gasteiger partial charge in [-0.1, -0.05) is 29.6 Å². The maximum atomic E-state index is 16.7. The molecule has 3 aliphatic heterocycles. The molecule has 3 aliphatic rings. The van der Waals surface area contributed by atoms with E-state index in [1.807, 2.05) is 0 Å². The highest BCUT2D eigenvalue weighted by Crippen LogP contribution is 2.42. The van der Waals surface area contributed by atoms with Crippen LogP contribution in [-0.2, 0) is 0 Å². The van der Waals surface area contributed by atoms with E-state index in [0.717, 1.165) is 70.5 Å². The summed E-state index contributed by atoms with van der Waals surface area (Å²) in [6.07, 6.45) is 7.94. The average molecular weight is 627 g/mol. The Morgan fingerprint density at radius 1 is 1.12 bits per heavy atom. The smallest absolute Gasteiger partial charge is 0.319 e. The van der Waals surface area contributed by atoms with Crippen molar-refractivity contribution in [3.8, 4) is 23.0 Å². The number of fused-ring (bicyclic) bond motifs is 3. The molecule has 3 saturated heterocycles. The normalized spacial score (nSPS) is 20.3. The van der Waals surface area contributed by atoms with Crippen molar-refractivity contribution in [2.75, 3.05) is 43.4 Å². The van der Waals surface area contributed by atoms with Gasteiger partial charge in [0.2, 0.25) is 0 Å². The summed E-state index contributed by atoms with van der Waals surface area (Å²) >= 11 is 7.70. The summed E-state index contributed by atoms with van der Waals surface area (Å²) in [4.78, 5) is 18.6. The van der Waals surface area contributed by atoms with Crippen LogP contribution in [0.25, 0.3) is 32.9 Å². The SMILES string of the molecule is NSCC1CCCN(c2nc(OCC34CCCN3CCC4)nc3c(F)c(-c4cc(O)cc5ccc(F)c(Cl)c45)ncc23)C1. The number of benzene rings is 2. The maximum Gasteiger partial charge on any atom is 0.319 e. The van der Waals surface area contributed by atoms with E-state index in [9.17, 15) is 9.50 Å². The molecule has 2 aromatic heterocycles. The summed E-state index contributed by atoms with van der Waals surface area (Å²) in [6, 6.07) is 5.62. The van der Waals surface area contributed by atoms with Gasteiger partial charge in [-0.2, -0.15) is 9.97 Å². The number of hydrogen-bond acceptors (Lipinski definition) is 9. The number of aromatic nitrogens is 3. The van der Waals surface area contributed by atoms with Crippen LogP contribution in [0.3, 0.4) is 0 Å². The van der Waals surface area contributed by atoms with Crippen LogP contribution in [0, 0.1) is 17.6 Å². The van der Waals surface area contributed by atoms with Gasteiger partial charge in [0.05, 0.1) is 15.9 Å². The van der Waals surface area contributed by atoms with Crippen LogP contribution in [0.5, 0.6) is 11.8 Å². The fraction of sp³-hybridized carbons (Fsp3) is 0.452. The highest BCUT2D eigenvalue weighted by atomic mass is 35.5. The number of ether oxygens (including phenoxy) is 1. The fourth-order valence-electron chi connectivity index (χ4n) is 7.27. The number of rotatable bonds is 7. The number of nitrogens with two attached hydrogens (primary N) is 1. The molecule has 0 amide bonds. The van der Waals surface area contributed by atoms with E-state index in [4.69, 9.17) is 26.5 Å². The molecule has 3 N–H and O–H groups in total. The summed E-state index contributed by atoms with van der Waals surface area (Å²) in [6.45, 7) is 4.04. The Morgan fingerprint density at radius 3 is 2.72 bits per heavy atom. The molecule has 0 saturated carbocycles. The molecule has 7 rings (SSSR count). The third kappa shape index (κ3) is 5.13. The van der Waals surface area contributed by atoms with Crippen LogP contribution in [0.15, 0.2) is 30.5 Å². The number of aromatic hydroxyl groups is 1.